The fourth-order valence-electron chi connectivity index (χ4n) is 3.89. The molecule has 1 N–H and O–H groups in total. The van der Waals surface area contributed by atoms with Crippen molar-refractivity contribution in [2.45, 2.75) is 45.3 Å². The third-order valence-corrected chi connectivity index (χ3v) is 5.29. The van der Waals surface area contributed by atoms with E-state index in [4.69, 9.17) is 9.47 Å². The van der Waals surface area contributed by atoms with Gasteiger partial charge in [0, 0.05) is 19.5 Å². The van der Waals surface area contributed by atoms with Crippen LogP contribution >= 0.6 is 0 Å². The Morgan fingerprint density at radius 2 is 2.21 bits per heavy atom. The molecule has 1 aromatic rings. The first-order valence-electron chi connectivity index (χ1n) is 8.67. The third-order valence-electron chi connectivity index (χ3n) is 5.29. The van der Waals surface area contributed by atoms with E-state index < -0.39 is 0 Å². The number of carbonyl (C=O) groups is 1. The highest BCUT2D eigenvalue weighted by Gasteiger charge is 2.39. The molecule has 0 aromatic carbocycles. The molecule has 1 aliphatic heterocycles. The summed E-state index contributed by atoms with van der Waals surface area (Å²) in [4.78, 5) is 14.5. The Morgan fingerprint density at radius 3 is 2.83 bits per heavy atom. The SMILES string of the molecule is Cc1nn(C)c(C)c1OCC(=O)N1CCOC[C@@H]1[C@@H]1CCC[C@H]1O. The van der Waals surface area contributed by atoms with E-state index in [2.05, 4.69) is 5.10 Å². The predicted octanol–water partition coefficient (Wildman–Crippen LogP) is 0.804. The highest BCUT2D eigenvalue weighted by Crippen LogP contribution is 2.32. The van der Waals surface area contributed by atoms with Gasteiger partial charge in [-0.15, -0.1) is 0 Å². The number of aliphatic hydroxyl groups excluding tert-OH is 1. The molecule has 1 aliphatic carbocycles. The number of rotatable bonds is 4. The molecule has 0 unspecified atom stereocenters. The van der Waals surface area contributed by atoms with Crippen LogP contribution in [0.15, 0.2) is 0 Å². The minimum atomic E-state index is -0.337. The number of aryl methyl sites for hydroxylation is 2. The Kier molecular flexibility index (Phi) is 5.10. The van der Waals surface area contributed by atoms with E-state index >= 15 is 0 Å². The minimum absolute atomic E-state index is 0.00725. The fraction of sp³-hybridized carbons (Fsp3) is 0.765. The zero-order chi connectivity index (χ0) is 17.3. The lowest BCUT2D eigenvalue weighted by Crippen LogP contribution is -2.54. The molecular formula is C17H27N3O4. The van der Waals surface area contributed by atoms with Gasteiger partial charge in [-0.2, -0.15) is 5.10 Å². The molecule has 24 heavy (non-hydrogen) atoms. The molecule has 1 saturated carbocycles. The molecule has 0 bridgehead atoms. The Labute approximate surface area is 142 Å². The molecule has 1 saturated heterocycles. The number of nitrogens with zero attached hydrogens (tertiary/aromatic N) is 3. The molecule has 2 fully saturated rings. The van der Waals surface area contributed by atoms with Crippen molar-refractivity contribution < 1.29 is 19.4 Å². The van der Waals surface area contributed by atoms with E-state index in [-0.39, 0.29) is 30.6 Å². The molecule has 1 amide bonds. The molecule has 3 atom stereocenters. The van der Waals surface area contributed by atoms with Crippen molar-refractivity contribution in [2.75, 3.05) is 26.4 Å². The van der Waals surface area contributed by atoms with E-state index in [1.165, 1.54) is 0 Å². The van der Waals surface area contributed by atoms with Gasteiger partial charge in [0.05, 0.1) is 31.1 Å². The zero-order valence-electron chi connectivity index (χ0n) is 14.7. The molecule has 134 valence electrons. The van der Waals surface area contributed by atoms with Crippen LogP contribution in [0.3, 0.4) is 0 Å². The molecule has 0 spiro atoms. The van der Waals surface area contributed by atoms with Crippen molar-refractivity contribution in [3.05, 3.63) is 11.4 Å². The van der Waals surface area contributed by atoms with Crippen molar-refractivity contribution >= 4 is 5.91 Å². The number of hydrogen-bond donors (Lipinski definition) is 1. The van der Waals surface area contributed by atoms with Crippen LogP contribution in [-0.2, 0) is 16.6 Å². The molecule has 3 rings (SSSR count). The average Bonchev–Trinajstić information content (AvgIpc) is 3.09. The van der Waals surface area contributed by atoms with Crippen molar-refractivity contribution in [3.8, 4) is 5.75 Å². The number of amides is 1. The summed E-state index contributed by atoms with van der Waals surface area (Å²) < 4.78 is 13.1. The Hall–Kier alpha value is -1.60. The predicted molar refractivity (Wildman–Crippen MR) is 87.8 cm³/mol. The van der Waals surface area contributed by atoms with Gasteiger partial charge in [-0.1, -0.05) is 6.42 Å². The molecule has 1 aromatic heterocycles. The van der Waals surface area contributed by atoms with Gasteiger partial charge in [-0.05, 0) is 26.7 Å². The minimum Gasteiger partial charge on any atom is -0.480 e. The maximum Gasteiger partial charge on any atom is 0.260 e. The normalized spacial score (nSPS) is 27.5. The first kappa shape index (κ1) is 17.2. The Morgan fingerprint density at radius 1 is 1.42 bits per heavy atom. The van der Waals surface area contributed by atoms with Crippen LogP contribution in [0.1, 0.15) is 30.7 Å². The van der Waals surface area contributed by atoms with E-state index in [1.807, 2.05) is 25.8 Å². The van der Waals surface area contributed by atoms with Gasteiger partial charge in [0.1, 0.15) is 5.69 Å². The van der Waals surface area contributed by atoms with Crippen LogP contribution in [0, 0.1) is 19.8 Å². The first-order valence-corrected chi connectivity index (χ1v) is 8.67. The molecular weight excluding hydrogens is 310 g/mol. The summed E-state index contributed by atoms with van der Waals surface area (Å²) in [6.07, 6.45) is 2.43. The molecule has 7 heteroatoms. The van der Waals surface area contributed by atoms with Gasteiger partial charge < -0.3 is 19.5 Å². The van der Waals surface area contributed by atoms with Crippen LogP contribution in [0.4, 0.5) is 0 Å². The average molecular weight is 337 g/mol. The summed E-state index contributed by atoms with van der Waals surface area (Å²) in [6, 6.07) is -0.0524. The van der Waals surface area contributed by atoms with E-state index in [0.717, 1.165) is 30.7 Å². The van der Waals surface area contributed by atoms with Crippen molar-refractivity contribution in [2.24, 2.45) is 13.0 Å². The number of hydrogen-bond acceptors (Lipinski definition) is 5. The zero-order valence-corrected chi connectivity index (χ0v) is 14.7. The van der Waals surface area contributed by atoms with Gasteiger partial charge in [-0.25, -0.2) is 0 Å². The molecule has 2 aliphatic rings. The number of morpholine rings is 1. The largest absolute Gasteiger partial charge is 0.480 e. The smallest absolute Gasteiger partial charge is 0.260 e. The highest BCUT2D eigenvalue weighted by molar-refractivity contribution is 5.78. The van der Waals surface area contributed by atoms with Crippen LogP contribution < -0.4 is 4.74 Å². The number of ether oxygens (including phenoxy) is 2. The summed E-state index contributed by atoms with van der Waals surface area (Å²) in [7, 11) is 1.86. The maximum absolute atomic E-state index is 12.7. The van der Waals surface area contributed by atoms with Gasteiger partial charge in [0.25, 0.3) is 5.91 Å². The van der Waals surface area contributed by atoms with E-state index in [9.17, 15) is 9.90 Å². The molecule has 7 nitrogen and oxygen atoms in total. The van der Waals surface area contributed by atoms with Gasteiger partial charge in [-0.3, -0.25) is 9.48 Å². The molecule has 2 heterocycles. The monoisotopic (exact) mass is 337 g/mol. The summed E-state index contributed by atoms with van der Waals surface area (Å²) in [6.45, 7) is 5.38. The van der Waals surface area contributed by atoms with Crippen LogP contribution in [0.5, 0.6) is 5.75 Å². The standard InChI is InChI=1S/C17H27N3O4/c1-11-17(12(2)19(3)18-11)24-10-16(22)20-7-8-23-9-14(20)13-5-4-6-15(13)21/h13-15,21H,4-10H2,1-3H3/t13-,14+,15+/m0/s1. The Balaban J connectivity index is 1.66. The van der Waals surface area contributed by atoms with E-state index in [1.54, 1.807) is 4.68 Å². The van der Waals surface area contributed by atoms with Crippen molar-refractivity contribution in [1.82, 2.24) is 14.7 Å². The third kappa shape index (κ3) is 3.28. The quantitative estimate of drug-likeness (QED) is 0.880. The fourth-order valence-corrected chi connectivity index (χ4v) is 3.89. The first-order chi connectivity index (χ1) is 11.5. The Bertz CT molecular complexity index is 601. The van der Waals surface area contributed by atoms with Gasteiger partial charge in [0.2, 0.25) is 0 Å². The lowest BCUT2D eigenvalue weighted by molar-refractivity contribution is -0.146. The second kappa shape index (κ2) is 7.11. The summed E-state index contributed by atoms with van der Waals surface area (Å²) >= 11 is 0. The lowest BCUT2D eigenvalue weighted by Gasteiger charge is -2.40. The second-order valence-electron chi connectivity index (χ2n) is 6.80. The maximum atomic E-state index is 12.7. The lowest BCUT2D eigenvalue weighted by atomic mass is 9.94. The second-order valence-corrected chi connectivity index (χ2v) is 6.80. The summed E-state index contributed by atoms with van der Waals surface area (Å²) in [5.41, 5.74) is 1.69. The topological polar surface area (TPSA) is 76.8 Å². The van der Waals surface area contributed by atoms with Crippen LogP contribution in [0.2, 0.25) is 0 Å². The van der Waals surface area contributed by atoms with E-state index in [0.29, 0.717) is 25.5 Å². The summed E-state index contributed by atoms with van der Waals surface area (Å²) in [5.74, 6) is 0.734. The van der Waals surface area contributed by atoms with Gasteiger partial charge >= 0.3 is 0 Å². The summed E-state index contributed by atoms with van der Waals surface area (Å²) in [5, 5.41) is 14.5. The van der Waals surface area contributed by atoms with Gasteiger partial charge in [0.15, 0.2) is 12.4 Å². The highest BCUT2D eigenvalue weighted by atomic mass is 16.5. The number of aliphatic hydroxyl groups is 1. The van der Waals surface area contributed by atoms with Crippen molar-refractivity contribution in [1.29, 1.82) is 0 Å². The van der Waals surface area contributed by atoms with Crippen molar-refractivity contribution in [3.63, 3.8) is 0 Å². The number of aromatic nitrogens is 2. The molecule has 0 radical (unpaired) electrons. The number of carbonyl (C=O) groups excluding carboxylic acids is 1. The van der Waals surface area contributed by atoms with Crippen LogP contribution in [0.25, 0.3) is 0 Å². The van der Waals surface area contributed by atoms with Crippen LogP contribution in [-0.4, -0.2) is 64.2 Å².